The highest BCUT2D eigenvalue weighted by molar-refractivity contribution is 5.08. The molecule has 0 saturated heterocycles. The van der Waals surface area contributed by atoms with Gasteiger partial charge in [0, 0.05) is 25.3 Å². The van der Waals surface area contributed by atoms with Gasteiger partial charge in [0.1, 0.15) is 0 Å². The lowest BCUT2D eigenvalue weighted by molar-refractivity contribution is 0.302. The van der Waals surface area contributed by atoms with Gasteiger partial charge in [0.05, 0.1) is 5.69 Å². The molecule has 1 aromatic heterocycles. The van der Waals surface area contributed by atoms with Crippen molar-refractivity contribution in [2.45, 2.75) is 40.2 Å². The Morgan fingerprint density at radius 2 is 2.06 bits per heavy atom. The minimum Gasteiger partial charge on any atom is -0.310 e. The molecule has 4 nitrogen and oxygen atoms in total. The highest BCUT2D eigenvalue weighted by Crippen LogP contribution is 2.01. The van der Waals surface area contributed by atoms with Crippen molar-refractivity contribution in [1.29, 1.82) is 0 Å². The second-order valence-electron chi connectivity index (χ2n) is 4.34. The summed E-state index contributed by atoms with van der Waals surface area (Å²) in [6.45, 7) is 11.9. The van der Waals surface area contributed by atoms with Crippen LogP contribution in [0.2, 0.25) is 0 Å². The smallest absolute Gasteiger partial charge is 0.0625 e. The van der Waals surface area contributed by atoms with Crippen LogP contribution in [0, 0.1) is 0 Å². The number of likely N-dealkylation sites (N-methyl/N-ethyl adjacent to an activating group) is 1. The van der Waals surface area contributed by atoms with Crippen molar-refractivity contribution in [3.05, 3.63) is 17.5 Å². The monoisotopic (exact) mass is 238 g/mol. The molecule has 4 heteroatoms. The number of aryl methyl sites for hydroxylation is 1. The lowest BCUT2D eigenvalue weighted by Gasteiger charge is -2.17. The van der Waals surface area contributed by atoms with Crippen LogP contribution in [0.1, 0.15) is 38.6 Å². The summed E-state index contributed by atoms with van der Waals surface area (Å²) in [5.41, 5.74) is 2.36. The van der Waals surface area contributed by atoms with Gasteiger partial charge >= 0.3 is 0 Å². The molecule has 0 fully saturated rings. The molecule has 0 atom stereocenters. The van der Waals surface area contributed by atoms with Crippen LogP contribution in [0.15, 0.2) is 6.07 Å². The first kappa shape index (κ1) is 14.2. The zero-order chi connectivity index (χ0) is 12.5. The van der Waals surface area contributed by atoms with E-state index in [1.807, 2.05) is 0 Å². The summed E-state index contributed by atoms with van der Waals surface area (Å²) in [7, 11) is 0. The van der Waals surface area contributed by atoms with Crippen LogP contribution >= 0.6 is 0 Å². The van der Waals surface area contributed by atoms with Crippen molar-refractivity contribution in [2.75, 3.05) is 26.2 Å². The Morgan fingerprint density at radius 3 is 2.71 bits per heavy atom. The summed E-state index contributed by atoms with van der Waals surface area (Å²) < 4.78 is 0. The maximum atomic E-state index is 4.28. The summed E-state index contributed by atoms with van der Waals surface area (Å²) in [5, 5.41) is 10.8. The van der Waals surface area contributed by atoms with Crippen molar-refractivity contribution in [2.24, 2.45) is 0 Å². The molecule has 0 aliphatic heterocycles. The van der Waals surface area contributed by atoms with Crippen LogP contribution in [0.3, 0.4) is 0 Å². The molecule has 1 aromatic rings. The van der Waals surface area contributed by atoms with Gasteiger partial charge in [-0.05, 0) is 25.6 Å². The lowest BCUT2D eigenvalue weighted by atomic mass is 10.2. The number of rotatable bonds is 9. The number of aromatic amines is 1. The highest BCUT2D eigenvalue weighted by atomic mass is 15.1. The molecule has 0 aliphatic rings. The molecule has 0 radical (unpaired) electrons. The van der Waals surface area contributed by atoms with Gasteiger partial charge in [0.2, 0.25) is 0 Å². The van der Waals surface area contributed by atoms with Crippen LogP contribution in [-0.2, 0) is 13.0 Å². The molecule has 1 rings (SSSR count). The molecular formula is C13H26N4. The molecule has 0 unspecified atom stereocenters. The third-order valence-electron chi connectivity index (χ3n) is 3.00. The fraction of sp³-hybridized carbons (Fsp3) is 0.769. The Hall–Kier alpha value is -0.870. The van der Waals surface area contributed by atoms with E-state index in [-0.39, 0.29) is 0 Å². The van der Waals surface area contributed by atoms with Crippen molar-refractivity contribution >= 4 is 0 Å². The fourth-order valence-electron chi connectivity index (χ4n) is 1.88. The molecule has 17 heavy (non-hydrogen) atoms. The minimum absolute atomic E-state index is 0.887. The van der Waals surface area contributed by atoms with Gasteiger partial charge in [0.25, 0.3) is 0 Å². The highest BCUT2D eigenvalue weighted by Gasteiger charge is 2.01. The second-order valence-corrected chi connectivity index (χ2v) is 4.34. The van der Waals surface area contributed by atoms with E-state index >= 15 is 0 Å². The minimum atomic E-state index is 0.887. The van der Waals surface area contributed by atoms with Crippen LogP contribution in [0.25, 0.3) is 0 Å². The topological polar surface area (TPSA) is 44.0 Å². The molecule has 98 valence electrons. The maximum absolute atomic E-state index is 4.28. The molecule has 2 N–H and O–H groups in total. The van der Waals surface area contributed by atoms with Gasteiger partial charge in [0.15, 0.2) is 0 Å². The van der Waals surface area contributed by atoms with Crippen molar-refractivity contribution in [1.82, 2.24) is 20.4 Å². The zero-order valence-electron chi connectivity index (χ0n) is 11.4. The number of nitrogens with zero attached hydrogens (tertiary/aromatic N) is 2. The SMILES string of the molecule is CCCc1cc(CNCCN(CC)CC)[nH]n1. The molecule has 0 aromatic carbocycles. The Balaban J connectivity index is 2.17. The number of hydrogen-bond acceptors (Lipinski definition) is 3. The van der Waals surface area contributed by atoms with Crippen molar-refractivity contribution in [3.63, 3.8) is 0 Å². The van der Waals surface area contributed by atoms with E-state index in [1.54, 1.807) is 0 Å². The molecule has 0 amide bonds. The Morgan fingerprint density at radius 1 is 1.29 bits per heavy atom. The van der Waals surface area contributed by atoms with E-state index in [1.165, 1.54) is 11.4 Å². The van der Waals surface area contributed by atoms with Gasteiger partial charge in [-0.2, -0.15) is 5.10 Å². The maximum Gasteiger partial charge on any atom is 0.0625 e. The predicted octanol–water partition coefficient (Wildman–Crippen LogP) is 1.79. The van der Waals surface area contributed by atoms with E-state index in [9.17, 15) is 0 Å². The number of H-pyrrole nitrogens is 1. The van der Waals surface area contributed by atoms with Crippen LogP contribution < -0.4 is 5.32 Å². The predicted molar refractivity (Wildman–Crippen MR) is 72.1 cm³/mol. The molecular weight excluding hydrogens is 212 g/mol. The van der Waals surface area contributed by atoms with Crippen molar-refractivity contribution < 1.29 is 0 Å². The Bertz CT molecular complexity index is 291. The first-order valence-electron chi connectivity index (χ1n) is 6.76. The molecule has 0 saturated carbocycles. The van der Waals surface area contributed by atoms with Crippen LogP contribution in [0.4, 0.5) is 0 Å². The first-order chi connectivity index (χ1) is 8.30. The van der Waals surface area contributed by atoms with Gasteiger partial charge in [-0.1, -0.05) is 27.2 Å². The molecule has 1 heterocycles. The summed E-state index contributed by atoms with van der Waals surface area (Å²) in [4.78, 5) is 2.42. The van der Waals surface area contributed by atoms with Crippen molar-refractivity contribution in [3.8, 4) is 0 Å². The van der Waals surface area contributed by atoms with Gasteiger partial charge in [-0.25, -0.2) is 0 Å². The Kier molecular flexibility index (Phi) is 6.89. The summed E-state index contributed by atoms with van der Waals surface area (Å²) in [6.07, 6.45) is 2.22. The normalized spacial score (nSPS) is 11.3. The van der Waals surface area contributed by atoms with Gasteiger partial charge in [-0.15, -0.1) is 0 Å². The average Bonchev–Trinajstić information content (AvgIpc) is 2.78. The van der Waals surface area contributed by atoms with Gasteiger partial charge in [-0.3, -0.25) is 5.10 Å². The van der Waals surface area contributed by atoms with Crippen LogP contribution in [-0.4, -0.2) is 41.3 Å². The summed E-state index contributed by atoms with van der Waals surface area (Å²) in [5.74, 6) is 0. The van der Waals surface area contributed by atoms with Crippen LogP contribution in [0.5, 0.6) is 0 Å². The fourth-order valence-corrected chi connectivity index (χ4v) is 1.88. The molecule has 0 spiro atoms. The summed E-state index contributed by atoms with van der Waals surface area (Å²) >= 11 is 0. The number of nitrogens with one attached hydrogen (secondary N) is 2. The third-order valence-corrected chi connectivity index (χ3v) is 3.00. The average molecular weight is 238 g/mol. The first-order valence-corrected chi connectivity index (χ1v) is 6.76. The van der Waals surface area contributed by atoms with Gasteiger partial charge < -0.3 is 10.2 Å². The van der Waals surface area contributed by atoms with E-state index in [2.05, 4.69) is 47.3 Å². The lowest BCUT2D eigenvalue weighted by Crippen LogP contribution is -2.31. The zero-order valence-corrected chi connectivity index (χ0v) is 11.4. The standard InChI is InChI=1S/C13H26N4/c1-4-7-12-10-13(16-15-12)11-14-8-9-17(5-2)6-3/h10,14H,4-9,11H2,1-3H3,(H,15,16). The second kappa shape index (κ2) is 8.25. The molecule has 0 bridgehead atoms. The van der Waals surface area contributed by atoms with E-state index in [0.29, 0.717) is 0 Å². The quantitative estimate of drug-likeness (QED) is 0.645. The van der Waals surface area contributed by atoms with E-state index in [4.69, 9.17) is 0 Å². The van der Waals surface area contributed by atoms with E-state index in [0.717, 1.165) is 45.6 Å². The number of aromatic nitrogens is 2. The van der Waals surface area contributed by atoms with E-state index < -0.39 is 0 Å². The third kappa shape index (κ3) is 5.33. The number of hydrogen-bond donors (Lipinski definition) is 2. The summed E-state index contributed by atoms with van der Waals surface area (Å²) in [6, 6.07) is 2.16. The Labute approximate surface area is 105 Å². The molecule has 0 aliphatic carbocycles. The largest absolute Gasteiger partial charge is 0.310 e.